The minimum absolute atomic E-state index is 0.0269. The van der Waals surface area contributed by atoms with Gasteiger partial charge in [-0.25, -0.2) is 32.1 Å². The molecule has 5 aromatic rings. The standard InChI is InChI=1S/C31H25ClF4N4O6/c1-2-39-24(16-44-15-17-6-4-3-5-7-17)38-40(31(39)43)19-12-18-10-11-37-29(25(18)22(13-19)45-23(14-33)28(35)36)46-27-21(34)9-8-20(26(27)32)30(41)42/h3-13,23,28H,2,14-16H2,1H3,(H,41,42). The zero-order valence-corrected chi connectivity index (χ0v) is 24.8. The number of halogens is 5. The van der Waals surface area contributed by atoms with Crippen molar-refractivity contribution in [3.8, 4) is 23.1 Å². The van der Waals surface area contributed by atoms with E-state index in [9.17, 15) is 32.3 Å². The molecule has 0 aliphatic heterocycles. The van der Waals surface area contributed by atoms with Gasteiger partial charge in [-0.1, -0.05) is 41.9 Å². The molecular weight excluding hydrogens is 636 g/mol. The molecule has 0 saturated carbocycles. The monoisotopic (exact) mass is 660 g/mol. The topological polar surface area (TPSA) is 118 Å². The number of hydrogen-bond donors (Lipinski definition) is 1. The number of carboxylic acids is 1. The van der Waals surface area contributed by atoms with Gasteiger partial charge in [0.15, 0.2) is 23.5 Å². The second-order valence-electron chi connectivity index (χ2n) is 9.78. The third-order valence-electron chi connectivity index (χ3n) is 6.81. The Kier molecular flexibility index (Phi) is 9.87. The van der Waals surface area contributed by atoms with Crippen molar-refractivity contribution in [2.75, 3.05) is 6.67 Å². The molecule has 1 N–H and O–H groups in total. The van der Waals surface area contributed by atoms with E-state index in [1.54, 1.807) is 6.92 Å². The minimum Gasteiger partial charge on any atom is -0.481 e. The molecule has 2 heterocycles. The summed E-state index contributed by atoms with van der Waals surface area (Å²) in [4.78, 5) is 29.0. The van der Waals surface area contributed by atoms with Crippen LogP contribution in [0.5, 0.6) is 17.4 Å². The Balaban J connectivity index is 1.60. The van der Waals surface area contributed by atoms with Gasteiger partial charge in [0.2, 0.25) is 5.88 Å². The predicted molar refractivity (Wildman–Crippen MR) is 159 cm³/mol. The van der Waals surface area contributed by atoms with Gasteiger partial charge < -0.3 is 19.3 Å². The normalized spacial score (nSPS) is 12.1. The summed E-state index contributed by atoms with van der Waals surface area (Å²) in [5, 5.41) is 13.3. The highest BCUT2D eigenvalue weighted by Gasteiger charge is 2.27. The summed E-state index contributed by atoms with van der Waals surface area (Å²) in [5.74, 6) is -3.74. The molecule has 15 heteroatoms. The van der Waals surface area contributed by atoms with Crippen LogP contribution in [0.1, 0.15) is 28.7 Å². The summed E-state index contributed by atoms with van der Waals surface area (Å²) in [7, 11) is 0. The SMILES string of the molecule is CCn1c(COCc2ccccc2)nn(-c2cc(OC(CF)C(F)F)c3c(Oc4c(F)ccc(C(=O)O)c4Cl)nccc3c2)c1=O. The summed E-state index contributed by atoms with van der Waals surface area (Å²) >= 11 is 6.11. The lowest BCUT2D eigenvalue weighted by molar-refractivity contribution is -0.000433. The number of hydrogen-bond acceptors (Lipinski definition) is 7. The Morgan fingerprint density at radius 2 is 1.85 bits per heavy atom. The molecule has 3 aromatic carbocycles. The molecule has 0 spiro atoms. The average Bonchev–Trinajstić information content (AvgIpc) is 3.36. The van der Waals surface area contributed by atoms with Gasteiger partial charge in [-0.15, -0.1) is 5.10 Å². The number of aromatic nitrogens is 4. The van der Waals surface area contributed by atoms with E-state index in [1.807, 2.05) is 30.3 Å². The van der Waals surface area contributed by atoms with E-state index in [1.165, 1.54) is 22.9 Å². The highest BCUT2D eigenvalue weighted by molar-refractivity contribution is 6.35. The van der Waals surface area contributed by atoms with Crippen molar-refractivity contribution in [2.45, 2.75) is 39.2 Å². The number of benzene rings is 3. The highest BCUT2D eigenvalue weighted by atomic mass is 35.5. The van der Waals surface area contributed by atoms with E-state index in [-0.39, 0.29) is 42.0 Å². The molecule has 46 heavy (non-hydrogen) atoms. The fourth-order valence-electron chi connectivity index (χ4n) is 4.59. The number of ether oxygens (including phenoxy) is 3. The number of carboxylic acid groups (broad SMARTS) is 1. The number of pyridine rings is 1. The zero-order valence-electron chi connectivity index (χ0n) is 24.0. The number of nitrogens with zero attached hydrogens (tertiary/aromatic N) is 4. The van der Waals surface area contributed by atoms with E-state index in [0.29, 0.717) is 0 Å². The molecule has 0 fully saturated rings. The van der Waals surface area contributed by atoms with Crippen molar-refractivity contribution >= 4 is 28.3 Å². The van der Waals surface area contributed by atoms with Crippen molar-refractivity contribution in [1.82, 2.24) is 19.3 Å². The summed E-state index contributed by atoms with van der Waals surface area (Å²) in [5.41, 5.74) is -0.0775. The second-order valence-corrected chi connectivity index (χ2v) is 10.2. The van der Waals surface area contributed by atoms with E-state index in [2.05, 4.69) is 10.1 Å². The Hall–Kier alpha value is -4.95. The Morgan fingerprint density at radius 3 is 2.52 bits per heavy atom. The Bertz CT molecular complexity index is 1940. The minimum atomic E-state index is -3.25. The largest absolute Gasteiger partial charge is 0.481 e. The van der Waals surface area contributed by atoms with Gasteiger partial charge in [0, 0.05) is 18.8 Å². The van der Waals surface area contributed by atoms with Crippen LogP contribution >= 0.6 is 11.6 Å². The summed E-state index contributed by atoms with van der Waals surface area (Å²) in [6.45, 7) is 0.623. The Morgan fingerprint density at radius 1 is 1.09 bits per heavy atom. The van der Waals surface area contributed by atoms with Crippen LogP contribution in [0.15, 0.2) is 71.7 Å². The van der Waals surface area contributed by atoms with Gasteiger partial charge in [-0.05, 0) is 42.1 Å². The van der Waals surface area contributed by atoms with Crippen LogP contribution in [-0.4, -0.2) is 49.6 Å². The molecule has 0 radical (unpaired) electrons. The zero-order chi connectivity index (χ0) is 33.0. The molecule has 0 aliphatic rings. The first-order valence-corrected chi connectivity index (χ1v) is 14.1. The van der Waals surface area contributed by atoms with Crippen molar-refractivity contribution in [3.05, 3.63) is 105 Å². The van der Waals surface area contributed by atoms with Crippen molar-refractivity contribution < 1.29 is 41.7 Å². The predicted octanol–water partition coefficient (Wildman–Crippen LogP) is 6.58. The summed E-state index contributed by atoms with van der Waals surface area (Å²) < 4.78 is 74.9. The summed E-state index contributed by atoms with van der Waals surface area (Å²) in [6, 6.07) is 15.1. The quantitative estimate of drug-likeness (QED) is 0.141. The molecule has 5 rings (SSSR count). The van der Waals surface area contributed by atoms with Crippen LogP contribution in [0.3, 0.4) is 0 Å². The van der Waals surface area contributed by atoms with Crippen molar-refractivity contribution in [2.24, 2.45) is 0 Å². The maximum Gasteiger partial charge on any atom is 0.350 e. The first kappa shape index (κ1) is 32.4. The molecule has 0 amide bonds. The smallest absolute Gasteiger partial charge is 0.350 e. The molecule has 10 nitrogen and oxygen atoms in total. The number of aromatic carboxylic acids is 1. The lowest BCUT2D eigenvalue weighted by atomic mass is 10.1. The number of alkyl halides is 3. The molecule has 240 valence electrons. The molecule has 2 aromatic heterocycles. The number of carbonyl (C=O) groups is 1. The lowest BCUT2D eigenvalue weighted by Crippen LogP contribution is -2.28. The molecule has 1 unspecified atom stereocenters. The third kappa shape index (κ3) is 6.67. The fraction of sp³-hybridized carbons (Fsp3) is 0.226. The van der Waals surface area contributed by atoms with Gasteiger partial charge in [0.1, 0.15) is 24.1 Å². The van der Waals surface area contributed by atoms with Gasteiger partial charge in [-0.2, -0.15) is 4.68 Å². The van der Waals surface area contributed by atoms with E-state index in [4.69, 9.17) is 25.8 Å². The van der Waals surface area contributed by atoms with Crippen molar-refractivity contribution in [3.63, 3.8) is 0 Å². The van der Waals surface area contributed by atoms with E-state index in [0.717, 1.165) is 28.4 Å². The van der Waals surface area contributed by atoms with Gasteiger partial charge >= 0.3 is 11.7 Å². The molecule has 0 saturated heterocycles. The maximum absolute atomic E-state index is 14.8. The van der Waals surface area contributed by atoms with Crippen LogP contribution in [0.25, 0.3) is 16.5 Å². The van der Waals surface area contributed by atoms with Gasteiger partial charge in [-0.3, -0.25) is 4.57 Å². The maximum atomic E-state index is 14.8. The fourth-order valence-corrected chi connectivity index (χ4v) is 4.86. The summed E-state index contributed by atoms with van der Waals surface area (Å²) in [6.07, 6.45) is -4.25. The molecular formula is C31H25ClF4N4O6. The van der Waals surface area contributed by atoms with Crippen LogP contribution < -0.4 is 15.2 Å². The number of fused-ring (bicyclic) bond motifs is 1. The number of rotatable bonds is 13. The van der Waals surface area contributed by atoms with E-state index < -0.39 is 64.6 Å². The second kappa shape index (κ2) is 14.0. The molecule has 1 atom stereocenters. The molecule has 0 bridgehead atoms. The van der Waals surface area contributed by atoms with Crippen LogP contribution in [0, 0.1) is 5.82 Å². The van der Waals surface area contributed by atoms with Gasteiger partial charge in [0.05, 0.1) is 23.2 Å². The lowest BCUT2D eigenvalue weighted by Gasteiger charge is -2.19. The van der Waals surface area contributed by atoms with Crippen LogP contribution in [0.4, 0.5) is 17.6 Å². The van der Waals surface area contributed by atoms with Gasteiger partial charge in [0.25, 0.3) is 6.43 Å². The first-order valence-electron chi connectivity index (χ1n) is 13.8. The Labute approximate surface area is 263 Å². The average molecular weight is 661 g/mol. The van der Waals surface area contributed by atoms with Crippen molar-refractivity contribution in [1.29, 1.82) is 0 Å². The van der Waals surface area contributed by atoms with E-state index >= 15 is 0 Å². The first-order chi connectivity index (χ1) is 22.1. The molecule has 0 aliphatic carbocycles. The van der Waals surface area contributed by atoms with Crippen LogP contribution in [-0.2, 0) is 24.5 Å². The third-order valence-corrected chi connectivity index (χ3v) is 7.18. The highest BCUT2D eigenvalue weighted by Crippen LogP contribution is 2.41. The van der Waals surface area contributed by atoms with Crippen LogP contribution in [0.2, 0.25) is 5.02 Å².